The molecule has 1 fully saturated rings. The van der Waals surface area contributed by atoms with Crippen molar-refractivity contribution >= 4 is 32.6 Å². The van der Waals surface area contributed by atoms with Crippen LogP contribution in [0.25, 0.3) is 22.2 Å². The zero-order chi connectivity index (χ0) is 25.2. The first-order chi connectivity index (χ1) is 17.3. The van der Waals surface area contributed by atoms with Gasteiger partial charge in [-0.3, -0.25) is 9.89 Å². The number of aromatic amines is 1. The summed E-state index contributed by atoms with van der Waals surface area (Å²) in [5.41, 5.74) is 4.58. The first kappa shape index (κ1) is 23.0. The van der Waals surface area contributed by atoms with Crippen molar-refractivity contribution in [1.82, 2.24) is 20.2 Å². The van der Waals surface area contributed by atoms with E-state index in [0.717, 1.165) is 50.0 Å². The van der Waals surface area contributed by atoms with Gasteiger partial charge in [-0.25, -0.2) is 14.4 Å². The number of aryl methyl sites for hydroxylation is 1. The lowest BCUT2D eigenvalue weighted by Crippen LogP contribution is -2.53. The van der Waals surface area contributed by atoms with Gasteiger partial charge in [0.2, 0.25) is 0 Å². The van der Waals surface area contributed by atoms with Crippen LogP contribution >= 0.6 is 15.9 Å². The molecule has 4 atom stereocenters. The number of halogens is 2. The maximum atomic E-state index is 14.0. The van der Waals surface area contributed by atoms with Crippen LogP contribution in [-0.4, -0.2) is 25.9 Å². The molecular formula is C28H23BrFN5O. The van der Waals surface area contributed by atoms with Crippen LogP contribution in [-0.2, 0) is 16.6 Å². The predicted octanol–water partition coefficient (Wildman–Crippen LogP) is 5.83. The van der Waals surface area contributed by atoms with Crippen LogP contribution in [0.3, 0.4) is 0 Å². The van der Waals surface area contributed by atoms with Gasteiger partial charge in [0, 0.05) is 27.8 Å². The number of fused-ring (bicyclic) bond motifs is 4. The maximum absolute atomic E-state index is 14.0. The number of hydrogen-bond acceptors (Lipinski definition) is 5. The summed E-state index contributed by atoms with van der Waals surface area (Å²) >= 11 is 3.54. The number of Topliss-reactive ketones (excluding diaryl/α,β-unsaturated/α-hetero) is 1. The molecule has 0 saturated heterocycles. The maximum Gasteiger partial charge on any atom is 0.153 e. The molecule has 6 nitrogen and oxygen atoms in total. The minimum absolute atomic E-state index is 0.0131. The van der Waals surface area contributed by atoms with Gasteiger partial charge in [-0.15, -0.1) is 0 Å². The Balaban J connectivity index is 1.67. The number of para-hydroxylation sites is 1. The zero-order valence-electron chi connectivity index (χ0n) is 19.8. The van der Waals surface area contributed by atoms with Gasteiger partial charge in [0.05, 0.1) is 17.5 Å². The van der Waals surface area contributed by atoms with Crippen LogP contribution in [0.2, 0.25) is 0 Å². The molecule has 6 rings (SSSR count). The summed E-state index contributed by atoms with van der Waals surface area (Å²) in [6.07, 6.45) is 1.77. The van der Waals surface area contributed by atoms with Crippen LogP contribution < -0.4 is 0 Å². The molecule has 1 N–H and O–H groups in total. The summed E-state index contributed by atoms with van der Waals surface area (Å²) < 4.78 is 14.8. The summed E-state index contributed by atoms with van der Waals surface area (Å²) in [5.74, 6) is -0.848. The Labute approximate surface area is 216 Å². The highest BCUT2D eigenvalue weighted by molar-refractivity contribution is 9.10. The Bertz CT molecular complexity index is 1570. The van der Waals surface area contributed by atoms with E-state index < -0.39 is 11.3 Å². The lowest BCUT2D eigenvalue weighted by atomic mass is 9.50. The quantitative estimate of drug-likeness (QED) is 0.343. The smallest absolute Gasteiger partial charge is 0.153 e. The number of nitrogens with zero attached hydrogens (tertiary/aromatic N) is 4. The Hall–Kier alpha value is -3.44. The first-order valence-electron chi connectivity index (χ1n) is 12.1. The monoisotopic (exact) mass is 543 g/mol. The van der Waals surface area contributed by atoms with Gasteiger partial charge in [0.25, 0.3) is 0 Å². The second-order valence-corrected chi connectivity index (χ2v) is 10.7. The molecule has 0 radical (unpaired) electrons. The fraction of sp³-hybridized carbons (Fsp3) is 0.321. The van der Waals surface area contributed by atoms with Crippen molar-refractivity contribution in [3.63, 3.8) is 0 Å². The van der Waals surface area contributed by atoms with E-state index in [1.54, 1.807) is 12.1 Å². The molecular weight excluding hydrogens is 521 g/mol. The van der Waals surface area contributed by atoms with E-state index in [9.17, 15) is 14.4 Å². The van der Waals surface area contributed by atoms with E-state index in [1.165, 1.54) is 12.1 Å². The largest absolute Gasteiger partial charge is 0.298 e. The second-order valence-electron chi connectivity index (χ2n) is 9.89. The molecule has 2 aliphatic rings. The lowest BCUT2D eigenvalue weighted by molar-refractivity contribution is -0.131. The Morgan fingerprint density at radius 2 is 1.97 bits per heavy atom. The average Bonchev–Trinajstić information content (AvgIpc) is 3.27. The number of aromatic nitrogens is 4. The fourth-order valence-electron chi connectivity index (χ4n) is 6.53. The van der Waals surface area contributed by atoms with E-state index >= 15 is 0 Å². The summed E-state index contributed by atoms with van der Waals surface area (Å²) in [4.78, 5) is 23.0. The third kappa shape index (κ3) is 3.19. The summed E-state index contributed by atoms with van der Waals surface area (Å²) in [5, 5.41) is 18.4. The molecule has 4 aromatic rings. The molecule has 36 heavy (non-hydrogen) atoms. The number of hydrogen-bond donors (Lipinski definition) is 1. The van der Waals surface area contributed by atoms with Gasteiger partial charge in [-0.05, 0) is 71.8 Å². The standard InChI is InChI=1S/C28H23BrFN5O/c1-14-22-11-10-20-23(19-4-3-5-21-24(19)34-35-27(21)29)32-15(2)33-26(20)28(22,12-16(13-31)25(14)36)17-6-8-18(30)9-7-17/h3-9,14,16,22H,10-12H2,1-2H3,(H,34,35)/t14-,16?,22-,28-/m0/s1. The highest BCUT2D eigenvalue weighted by Gasteiger charge is 2.56. The number of nitriles is 1. The molecule has 0 bridgehead atoms. The highest BCUT2D eigenvalue weighted by Crippen LogP contribution is 2.56. The molecule has 8 heteroatoms. The predicted molar refractivity (Wildman–Crippen MR) is 136 cm³/mol. The SMILES string of the molecule is Cc1nc(-c2cccc3c(Br)[nH]nc23)c2c(n1)[C@]1(c3ccc(F)cc3)CC(C#N)C(=O)[C@@H](C)[C@@H]1CC2. The van der Waals surface area contributed by atoms with Crippen LogP contribution in [0.15, 0.2) is 47.1 Å². The Morgan fingerprint density at radius 1 is 1.19 bits per heavy atom. The number of carbonyl (C=O) groups excluding carboxylic acids is 1. The molecule has 180 valence electrons. The van der Waals surface area contributed by atoms with Gasteiger partial charge in [0.1, 0.15) is 27.7 Å². The molecule has 0 aliphatic heterocycles. The van der Waals surface area contributed by atoms with Crippen LogP contribution in [0.5, 0.6) is 0 Å². The van der Waals surface area contributed by atoms with Crippen molar-refractivity contribution in [1.29, 1.82) is 5.26 Å². The third-order valence-corrected chi connectivity index (χ3v) is 8.71. The Kier molecular flexibility index (Phi) is 5.31. The van der Waals surface area contributed by atoms with Crippen molar-refractivity contribution in [2.45, 2.75) is 38.5 Å². The third-order valence-electron chi connectivity index (χ3n) is 8.11. The number of nitrogens with one attached hydrogen (secondary N) is 1. The summed E-state index contributed by atoms with van der Waals surface area (Å²) in [6.45, 7) is 3.79. The number of benzene rings is 2. The van der Waals surface area contributed by atoms with Crippen molar-refractivity contribution < 1.29 is 9.18 Å². The number of carbonyl (C=O) groups is 1. The van der Waals surface area contributed by atoms with Crippen LogP contribution in [0.1, 0.15) is 42.4 Å². The van der Waals surface area contributed by atoms with Gasteiger partial charge in [0.15, 0.2) is 5.78 Å². The van der Waals surface area contributed by atoms with E-state index in [2.05, 4.69) is 32.2 Å². The van der Waals surface area contributed by atoms with E-state index in [1.807, 2.05) is 32.0 Å². The Morgan fingerprint density at radius 3 is 2.72 bits per heavy atom. The minimum Gasteiger partial charge on any atom is -0.298 e. The van der Waals surface area contributed by atoms with Gasteiger partial charge >= 0.3 is 0 Å². The molecule has 2 aromatic carbocycles. The molecule has 0 spiro atoms. The van der Waals surface area contributed by atoms with Gasteiger partial charge < -0.3 is 0 Å². The van der Waals surface area contributed by atoms with E-state index in [-0.39, 0.29) is 23.4 Å². The number of H-pyrrole nitrogens is 1. The minimum atomic E-state index is -0.753. The fourth-order valence-corrected chi connectivity index (χ4v) is 6.94. The molecule has 1 saturated carbocycles. The van der Waals surface area contributed by atoms with Crippen LogP contribution in [0, 0.1) is 41.8 Å². The van der Waals surface area contributed by atoms with Gasteiger partial charge in [-0.2, -0.15) is 10.4 Å². The normalized spacial score (nSPS) is 25.3. The highest BCUT2D eigenvalue weighted by atomic mass is 79.9. The number of ketones is 1. The average molecular weight is 544 g/mol. The van der Waals surface area contributed by atoms with Crippen molar-refractivity contribution in [2.75, 3.05) is 0 Å². The van der Waals surface area contributed by atoms with E-state index in [4.69, 9.17) is 9.97 Å². The van der Waals surface area contributed by atoms with E-state index in [0.29, 0.717) is 18.7 Å². The van der Waals surface area contributed by atoms with Gasteiger partial charge in [-0.1, -0.05) is 31.2 Å². The lowest BCUT2D eigenvalue weighted by Gasteiger charge is -2.51. The molecule has 0 amide bonds. The van der Waals surface area contributed by atoms with Crippen molar-refractivity contribution in [3.8, 4) is 17.3 Å². The number of rotatable bonds is 2. The molecule has 1 unspecified atom stereocenters. The van der Waals surface area contributed by atoms with Crippen molar-refractivity contribution in [3.05, 3.63) is 75.5 Å². The molecule has 2 aromatic heterocycles. The summed E-state index contributed by atoms with van der Waals surface area (Å²) in [6, 6.07) is 14.7. The topological polar surface area (TPSA) is 95.3 Å². The molecule has 2 heterocycles. The summed E-state index contributed by atoms with van der Waals surface area (Å²) in [7, 11) is 0. The van der Waals surface area contributed by atoms with Crippen molar-refractivity contribution in [2.24, 2.45) is 17.8 Å². The second kappa shape index (κ2) is 8.31. The molecule has 2 aliphatic carbocycles. The first-order valence-corrected chi connectivity index (χ1v) is 12.8. The zero-order valence-corrected chi connectivity index (χ0v) is 21.4. The van der Waals surface area contributed by atoms with Crippen LogP contribution in [0.4, 0.5) is 4.39 Å².